The van der Waals surface area contributed by atoms with E-state index in [1.54, 1.807) is 24.3 Å². The smallest absolute Gasteiger partial charge is 0.387 e. The van der Waals surface area contributed by atoms with Crippen molar-refractivity contribution < 1.29 is 22.6 Å². The number of guanidine groups is 1. The van der Waals surface area contributed by atoms with Crippen LogP contribution in [0.5, 0.6) is 11.5 Å². The van der Waals surface area contributed by atoms with Crippen LogP contribution in [-0.4, -0.2) is 57.3 Å². The Morgan fingerprint density at radius 2 is 1.77 bits per heavy atom. The number of benzene rings is 2. The third-order valence-corrected chi connectivity index (χ3v) is 4.91. The van der Waals surface area contributed by atoms with Crippen LogP contribution >= 0.6 is 0 Å². The highest BCUT2D eigenvalue weighted by Gasteiger charge is 2.18. The minimum absolute atomic E-state index is 0.00105. The van der Waals surface area contributed by atoms with Gasteiger partial charge in [-0.2, -0.15) is 8.78 Å². The van der Waals surface area contributed by atoms with Crippen LogP contribution in [0, 0.1) is 5.82 Å². The highest BCUT2D eigenvalue weighted by atomic mass is 19.3. The molecule has 0 unspecified atom stereocenters. The van der Waals surface area contributed by atoms with Crippen LogP contribution in [0.25, 0.3) is 0 Å². The molecule has 9 heteroatoms. The van der Waals surface area contributed by atoms with E-state index in [0.29, 0.717) is 32.0 Å². The largest absolute Gasteiger partial charge is 0.493 e. The van der Waals surface area contributed by atoms with Gasteiger partial charge < -0.3 is 25.0 Å². The maximum Gasteiger partial charge on any atom is 0.387 e. The van der Waals surface area contributed by atoms with Crippen molar-refractivity contribution in [2.45, 2.75) is 13.0 Å². The Hall–Kier alpha value is -3.10. The molecule has 0 aliphatic carbocycles. The highest BCUT2D eigenvalue weighted by Crippen LogP contribution is 2.29. The van der Waals surface area contributed by atoms with Crippen molar-refractivity contribution in [3.63, 3.8) is 0 Å². The zero-order valence-corrected chi connectivity index (χ0v) is 16.7. The molecule has 1 aliphatic heterocycles. The molecule has 2 N–H and O–H groups in total. The number of ether oxygens (including phenoxy) is 2. The van der Waals surface area contributed by atoms with Crippen molar-refractivity contribution in [3.05, 3.63) is 53.8 Å². The third kappa shape index (κ3) is 5.71. The summed E-state index contributed by atoms with van der Waals surface area (Å²) in [5.41, 5.74) is 7.90. The average Bonchev–Trinajstić information content (AvgIpc) is 2.74. The molecule has 162 valence electrons. The molecule has 3 rings (SSSR count). The van der Waals surface area contributed by atoms with Gasteiger partial charge in [0.2, 0.25) is 0 Å². The molecule has 1 fully saturated rings. The van der Waals surface area contributed by atoms with Crippen LogP contribution < -0.4 is 20.1 Å². The number of piperazine rings is 1. The van der Waals surface area contributed by atoms with Crippen LogP contribution in [0.2, 0.25) is 0 Å². The predicted molar refractivity (Wildman–Crippen MR) is 110 cm³/mol. The number of halogens is 3. The van der Waals surface area contributed by atoms with Crippen molar-refractivity contribution >= 4 is 11.6 Å². The summed E-state index contributed by atoms with van der Waals surface area (Å²) >= 11 is 0. The Balaban J connectivity index is 1.51. The number of alkyl halides is 2. The van der Waals surface area contributed by atoms with E-state index in [1.807, 2.05) is 4.90 Å². The van der Waals surface area contributed by atoms with Gasteiger partial charge in [0.05, 0.1) is 7.11 Å². The maximum atomic E-state index is 13.1. The number of methoxy groups -OCH3 is 1. The monoisotopic (exact) mass is 422 g/mol. The summed E-state index contributed by atoms with van der Waals surface area (Å²) in [5, 5.41) is 0. The molecule has 0 atom stereocenters. The third-order valence-electron chi connectivity index (χ3n) is 4.91. The lowest BCUT2D eigenvalue weighted by Gasteiger charge is -2.36. The summed E-state index contributed by atoms with van der Waals surface area (Å²) in [6, 6.07) is 11.3. The molecular weight excluding hydrogens is 397 g/mol. The minimum Gasteiger partial charge on any atom is -0.493 e. The van der Waals surface area contributed by atoms with E-state index in [1.165, 1.54) is 25.3 Å². The second kappa shape index (κ2) is 10.1. The molecule has 0 spiro atoms. The van der Waals surface area contributed by atoms with E-state index in [0.717, 1.165) is 24.3 Å². The lowest BCUT2D eigenvalue weighted by molar-refractivity contribution is -0.0512. The molecule has 1 saturated heterocycles. The molecule has 0 aromatic heterocycles. The van der Waals surface area contributed by atoms with E-state index in [2.05, 4.69) is 14.6 Å². The number of rotatable bonds is 7. The molecule has 30 heavy (non-hydrogen) atoms. The van der Waals surface area contributed by atoms with Gasteiger partial charge in [-0.1, -0.05) is 6.07 Å². The number of aliphatic imine (C=N–C) groups is 1. The van der Waals surface area contributed by atoms with Gasteiger partial charge in [-0.15, -0.1) is 0 Å². The summed E-state index contributed by atoms with van der Waals surface area (Å²) in [5.74, 6) is 0.449. The second-order valence-electron chi connectivity index (χ2n) is 6.80. The predicted octanol–water partition coefficient (Wildman–Crippen LogP) is 3.12. The maximum absolute atomic E-state index is 13.1. The van der Waals surface area contributed by atoms with E-state index >= 15 is 0 Å². The molecule has 1 aliphatic rings. The quantitative estimate of drug-likeness (QED) is 0.549. The van der Waals surface area contributed by atoms with Crippen LogP contribution in [0.4, 0.5) is 18.9 Å². The number of hydrogen-bond donors (Lipinski definition) is 1. The molecule has 0 bridgehead atoms. The summed E-state index contributed by atoms with van der Waals surface area (Å²) in [7, 11) is 1.40. The van der Waals surface area contributed by atoms with Gasteiger partial charge in [0, 0.05) is 38.4 Å². The number of nitrogens with zero attached hydrogens (tertiary/aromatic N) is 3. The first-order valence-electron chi connectivity index (χ1n) is 9.63. The lowest BCUT2D eigenvalue weighted by Crippen LogP contribution is -2.51. The zero-order chi connectivity index (χ0) is 21.5. The lowest BCUT2D eigenvalue weighted by atomic mass is 10.1. The summed E-state index contributed by atoms with van der Waals surface area (Å²) in [6.45, 7) is 0.438. The number of nitrogens with two attached hydrogens (primary N) is 1. The topological polar surface area (TPSA) is 63.3 Å². The van der Waals surface area contributed by atoms with Gasteiger partial charge in [0.15, 0.2) is 17.5 Å². The van der Waals surface area contributed by atoms with Gasteiger partial charge in [-0.3, -0.25) is 4.99 Å². The fourth-order valence-electron chi connectivity index (χ4n) is 3.31. The van der Waals surface area contributed by atoms with Gasteiger partial charge >= 0.3 is 6.61 Å². The SMILES string of the molecule is COc1ccc(CCN=C(N)N2CCN(c3ccc(F)cc3)CC2)cc1OC(F)F. The Morgan fingerprint density at radius 1 is 1.07 bits per heavy atom. The first-order valence-corrected chi connectivity index (χ1v) is 9.63. The Labute approximate surface area is 173 Å². The Morgan fingerprint density at radius 3 is 2.40 bits per heavy atom. The standard InChI is InChI=1S/C21H25F3N4O2/c1-29-18-7-2-15(14-19(18)30-20(23)24)8-9-26-21(25)28-12-10-27(11-13-28)17-5-3-16(22)4-6-17/h2-7,14,20H,8-13H2,1H3,(H2,25,26). The normalized spacial score (nSPS) is 14.9. The second-order valence-corrected chi connectivity index (χ2v) is 6.80. The molecule has 2 aromatic carbocycles. The molecular formula is C21H25F3N4O2. The van der Waals surface area contributed by atoms with Crippen molar-refractivity contribution in [2.75, 3.05) is 44.7 Å². The summed E-state index contributed by atoms with van der Waals surface area (Å²) < 4.78 is 47.7. The molecule has 0 radical (unpaired) electrons. The van der Waals surface area contributed by atoms with Gasteiger partial charge in [0.1, 0.15) is 5.82 Å². The van der Waals surface area contributed by atoms with Gasteiger partial charge in [0.25, 0.3) is 0 Å². The van der Waals surface area contributed by atoms with E-state index in [4.69, 9.17) is 10.5 Å². The van der Waals surface area contributed by atoms with Crippen molar-refractivity contribution in [1.29, 1.82) is 0 Å². The molecule has 0 saturated carbocycles. The van der Waals surface area contributed by atoms with E-state index in [-0.39, 0.29) is 17.3 Å². The highest BCUT2D eigenvalue weighted by molar-refractivity contribution is 5.78. The van der Waals surface area contributed by atoms with Gasteiger partial charge in [-0.25, -0.2) is 4.39 Å². The first-order chi connectivity index (χ1) is 14.5. The average molecular weight is 422 g/mol. The van der Waals surface area contributed by atoms with E-state index < -0.39 is 6.61 Å². The van der Waals surface area contributed by atoms with Crippen molar-refractivity contribution in [3.8, 4) is 11.5 Å². The van der Waals surface area contributed by atoms with Crippen LogP contribution in [0.3, 0.4) is 0 Å². The van der Waals surface area contributed by atoms with Crippen molar-refractivity contribution in [1.82, 2.24) is 4.90 Å². The minimum atomic E-state index is -2.92. The number of hydrogen-bond acceptors (Lipinski definition) is 4. The van der Waals surface area contributed by atoms with Crippen LogP contribution in [-0.2, 0) is 6.42 Å². The molecule has 1 heterocycles. The van der Waals surface area contributed by atoms with Crippen molar-refractivity contribution in [2.24, 2.45) is 10.7 Å². The Bertz CT molecular complexity index is 854. The molecule has 0 amide bonds. The summed E-state index contributed by atoms with van der Waals surface area (Å²) in [6.07, 6.45) is 0.528. The summed E-state index contributed by atoms with van der Waals surface area (Å²) in [4.78, 5) is 8.59. The fourth-order valence-corrected chi connectivity index (χ4v) is 3.31. The first kappa shape index (κ1) is 21.6. The van der Waals surface area contributed by atoms with E-state index in [9.17, 15) is 13.2 Å². The zero-order valence-electron chi connectivity index (χ0n) is 16.7. The Kier molecular flexibility index (Phi) is 7.26. The molecule has 2 aromatic rings. The van der Waals surface area contributed by atoms with Gasteiger partial charge in [-0.05, 0) is 48.4 Å². The number of anilines is 1. The van der Waals surface area contributed by atoms with Crippen LogP contribution in [0.15, 0.2) is 47.5 Å². The fraction of sp³-hybridized carbons (Fsp3) is 0.381. The van der Waals surface area contributed by atoms with Crippen LogP contribution in [0.1, 0.15) is 5.56 Å². The molecule has 6 nitrogen and oxygen atoms in total.